The average molecular weight is 204 g/mol. The van der Waals surface area contributed by atoms with Crippen LogP contribution in [0.3, 0.4) is 0 Å². The van der Waals surface area contributed by atoms with Gasteiger partial charge in [-0.2, -0.15) is 0 Å². The van der Waals surface area contributed by atoms with Gasteiger partial charge in [0.05, 0.1) is 7.11 Å². The van der Waals surface area contributed by atoms with Gasteiger partial charge in [-0.3, -0.25) is 4.79 Å². The molecule has 0 aliphatic carbocycles. The Morgan fingerprint density at radius 1 is 1.20 bits per heavy atom. The maximum absolute atomic E-state index is 11.3. The number of carbonyl (C=O) groups excluding carboxylic acids is 2. The zero-order valence-electron chi connectivity index (χ0n) is 7.98. The predicted octanol–water partition coefficient (Wildman–Crippen LogP) is 0.751. The van der Waals surface area contributed by atoms with Crippen LogP contribution < -0.4 is 0 Å². The number of rotatable bonds is 1. The number of Topliss-reactive ketones (excluding diaryl/α,β-unsaturated/α-hetero) is 1. The molecule has 0 atom stereocenters. The Bertz CT molecular complexity index is 434. The van der Waals surface area contributed by atoms with E-state index in [-0.39, 0.29) is 5.75 Å². The van der Waals surface area contributed by atoms with Crippen molar-refractivity contribution in [2.75, 3.05) is 7.11 Å². The van der Waals surface area contributed by atoms with Gasteiger partial charge in [-0.25, -0.2) is 4.79 Å². The fourth-order valence-electron chi connectivity index (χ4n) is 0.844. The van der Waals surface area contributed by atoms with Gasteiger partial charge in [0.15, 0.2) is 0 Å². The zero-order valence-corrected chi connectivity index (χ0v) is 7.98. The van der Waals surface area contributed by atoms with E-state index >= 15 is 0 Å². The molecule has 0 aliphatic heterocycles. The van der Waals surface area contributed by atoms with E-state index in [0.717, 1.165) is 0 Å². The van der Waals surface area contributed by atoms with Crippen LogP contribution in [0.1, 0.15) is 10.4 Å². The number of esters is 1. The van der Waals surface area contributed by atoms with Crippen molar-refractivity contribution < 1.29 is 19.4 Å². The quantitative estimate of drug-likeness (QED) is 0.241. The summed E-state index contributed by atoms with van der Waals surface area (Å²) in [5, 5.41) is 8.97. The minimum absolute atomic E-state index is 0.0625. The van der Waals surface area contributed by atoms with E-state index < -0.39 is 11.8 Å². The lowest BCUT2D eigenvalue weighted by Gasteiger charge is -1.93. The summed E-state index contributed by atoms with van der Waals surface area (Å²) >= 11 is 0. The van der Waals surface area contributed by atoms with Gasteiger partial charge in [0.25, 0.3) is 0 Å². The lowest BCUT2D eigenvalue weighted by Crippen LogP contribution is -1.99. The molecule has 0 aromatic heterocycles. The molecule has 0 saturated carbocycles. The van der Waals surface area contributed by atoms with E-state index in [1.54, 1.807) is 0 Å². The Kier molecular flexibility index (Phi) is 3.47. The minimum atomic E-state index is -0.762. The van der Waals surface area contributed by atoms with Gasteiger partial charge < -0.3 is 9.84 Å². The summed E-state index contributed by atoms with van der Waals surface area (Å²) < 4.78 is 4.25. The number of hydrogen-bond donors (Lipinski definition) is 1. The first-order valence-electron chi connectivity index (χ1n) is 4.07. The van der Waals surface area contributed by atoms with Crippen LogP contribution in [0, 0.1) is 11.8 Å². The third-order valence-corrected chi connectivity index (χ3v) is 1.59. The SMILES string of the molecule is COC(=O)C#CC(=O)c1ccc(O)cc1. The van der Waals surface area contributed by atoms with Crippen LogP contribution in [0.2, 0.25) is 0 Å². The van der Waals surface area contributed by atoms with Crippen LogP contribution >= 0.6 is 0 Å². The number of ketones is 1. The number of benzene rings is 1. The molecule has 1 rings (SSSR count). The highest BCUT2D eigenvalue weighted by atomic mass is 16.5. The van der Waals surface area contributed by atoms with E-state index in [9.17, 15) is 9.59 Å². The van der Waals surface area contributed by atoms with Gasteiger partial charge in [-0.1, -0.05) is 0 Å². The van der Waals surface area contributed by atoms with Crippen molar-refractivity contribution >= 4 is 11.8 Å². The Labute approximate surface area is 86.5 Å². The van der Waals surface area contributed by atoms with E-state index in [1.165, 1.54) is 31.4 Å². The van der Waals surface area contributed by atoms with E-state index in [0.29, 0.717) is 5.56 Å². The summed E-state index contributed by atoms with van der Waals surface area (Å²) in [5.74, 6) is 2.95. The highest BCUT2D eigenvalue weighted by Crippen LogP contribution is 2.09. The number of carbonyl (C=O) groups is 2. The Morgan fingerprint density at radius 3 is 2.33 bits per heavy atom. The molecule has 0 saturated heterocycles. The smallest absolute Gasteiger partial charge is 0.384 e. The van der Waals surface area contributed by atoms with Crippen LogP contribution in [-0.2, 0) is 9.53 Å². The largest absolute Gasteiger partial charge is 0.508 e. The number of methoxy groups -OCH3 is 1. The first-order valence-corrected chi connectivity index (χ1v) is 4.07. The fraction of sp³-hybridized carbons (Fsp3) is 0.0909. The summed E-state index contributed by atoms with van der Waals surface area (Å²) in [6, 6.07) is 5.58. The monoisotopic (exact) mass is 204 g/mol. The normalized spacial score (nSPS) is 8.60. The molecule has 0 aliphatic rings. The second-order valence-corrected chi connectivity index (χ2v) is 2.62. The molecule has 4 heteroatoms. The second kappa shape index (κ2) is 4.82. The standard InChI is InChI=1S/C11H8O4/c1-15-11(14)7-6-10(13)8-2-4-9(12)5-3-8/h2-5,12H,1H3. The van der Waals surface area contributed by atoms with Gasteiger partial charge >= 0.3 is 5.97 Å². The Morgan fingerprint density at radius 2 is 1.80 bits per heavy atom. The van der Waals surface area contributed by atoms with Crippen LogP contribution in [-0.4, -0.2) is 24.0 Å². The minimum Gasteiger partial charge on any atom is -0.508 e. The lowest BCUT2D eigenvalue weighted by molar-refractivity contribution is -0.133. The van der Waals surface area contributed by atoms with Crippen molar-refractivity contribution in [1.29, 1.82) is 0 Å². The van der Waals surface area contributed by atoms with Gasteiger partial charge in [0.2, 0.25) is 5.78 Å². The van der Waals surface area contributed by atoms with Gasteiger partial charge in [-0.15, -0.1) is 0 Å². The number of aromatic hydroxyl groups is 1. The van der Waals surface area contributed by atoms with E-state index in [4.69, 9.17) is 5.11 Å². The van der Waals surface area contributed by atoms with Gasteiger partial charge in [0.1, 0.15) is 5.75 Å². The third kappa shape index (κ3) is 3.16. The van der Waals surface area contributed by atoms with Crippen molar-refractivity contribution in [3.8, 4) is 17.6 Å². The third-order valence-electron chi connectivity index (χ3n) is 1.59. The maximum atomic E-state index is 11.3. The van der Waals surface area contributed by atoms with Crippen molar-refractivity contribution in [2.24, 2.45) is 0 Å². The number of phenols is 1. The molecule has 0 spiro atoms. The Hall–Kier alpha value is -2.28. The molecule has 0 bridgehead atoms. The number of hydrogen-bond acceptors (Lipinski definition) is 4. The Balaban J connectivity index is 2.80. The maximum Gasteiger partial charge on any atom is 0.384 e. The second-order valence-electron chi connectivity index (χ2n) is 2.62. The molecule has 0 fully saturated rings. The van der Waals surface area contributed by atoms with Crippen molar-refractivity contribution in [1.82, 2.24) is 0 Å². The highest BCUT2D eigenvalue weighted by molar-refractivity contribution is 6.11. The summed E-state index contributed by atoms with van der Waals surface area (Å²) in [6.07, 6.45) is 0. The van der Waals surface area contributed by atoms with Crippen LogP contribution in [0.15, 0.2) is 24.3 Å². The van der Waals surface area contributed by atoms with Crippen LogP contribution in [0.4, 0.5) is 0 Å². The van der Waals surface area contributed by atoms with Crippen LogP contribution in [0.25, 0.3) is 0 Å². The molecule has 1 aromatic carbocycles. The molecule has 0 heterocycles. The van der Waals surface area contributed by atoms with Crippen molar-refractivity contribution in [3.63, 3.8) is 0 Å². The fourth-order valence-corrected chi connectivity index (χ4v) is 0.844. The molecule has 1 N–H and O–H groups in total. The first-order chi connectivity index (χ1) is 7.13. The topological polar surface area (TPSA) is 63.6 Å². The molecular formula is C11H8O4. The van der Waals surface area contributed by atoms with Gasteiger partial charge in [0, 0.05) is 11.5 Å². The van der Waals surface area contributed by atoms with Crippen molar-refractivity contribution in [3.05, 3.63) is 29.8 Å². The van der Waals surface area contributed by atoms with Gasteiger partial charge in [-0.05, 0) is 30.2 Å². The highest BCUT2D eigenvalue weighted by Gasteiger charge is 2.02. The molecule has 15 heavy (non-hydrogen) atoms. The van der Waals surface area contributed by atoms with E-state index in [1.807, 2.05) is 5.92 Å². The predicted molar refractivity (Wildman–Crippen MR) is 52.2 cm³/mol. The summed E-state index contributed by atoms with van der Waals surface area (Å²) in [5.41, 5.74) is 0.309. The zero-order chi connectivity index (χ0) is 11.3. The lowest BCUT2D eigenvalue weighted by atomic mass is 10.1. The molecule has 1 aromatic rings. The molecule has 0 amide bonds. The number of phenolic OH excluding ortho intramolecular Hbond substituents is 1. The number of ether oxygens (including phenoxy) is 1. The van der Waals surface area contributed by atoms with Crippen molar-refractivity contribution in [2.45, 2.75) is 0 Å². The summed E-state index contributed by atoms with van der Waals surface area (Å²) in [4.78, 5) is 21.9. The molecule has 0 radical (unpaired) electrons. The molecule has 4 nitrogen and oxygen atoms in total. The van der Waals surface area contributed by atoms with E-state index in [2.05, 4.69) is 10.7 Å². The van der Waals surface area contributed by atoms with Crippen LogP contribution in [0.5, 0.6) is 5.75 Å². The molecular weight excluding hydrogens is 196 g/mol. The first kappa shape index (κ1) is 10.8. The molecule has 0 unspecified atom stereocenters. The summed E-state index contributed by atoms with van der Waals surface area (Å²) in [7, 11) is 1.18. The molecule has 76 valence electrons. The average Bonchev–Trinajstić information content (AvgIpc) is 2.26. The summed E-state index contributed by atoms with van der Waals surface area (Å²) in [6.45, 7) is 0.